The fraction of sp³-hybridized carbons (Fsp3) is 0.600. The minimum atomic E-state index is 0.0507. The zero-order valence-corrected chi connectivity index (χ0v) is 6.26. The molecule has 1 aromatic rings. The lowest BCUT2D eigenvalue weighted by molar-refractivity contribution is 0.114. The Bertz CT molecular complexity index is 201. The van der Waals surface area contributed by atoms with Crippen molar-refractivity contribution in [3.63, 3.8) is 0 Å². The van der Waals surface area contributed by atoms with E-state index in [2.05, 4.69) is 10.2 Å². The summed E-state index contributed by atoms with van der Waals surface area (Å²) in [6.45, 7) is 2.84. The van der Waals surface area contributed by atoms with Crippen molar-refractivity contribution in [2.75, 3.05) is 6.61 Å². The fourth-order valence-corrected chi connectivity index (χ4v) is 0.608. The molecule has 1 heterocycles. The van der Waals surface area contributed by atoms with Crippen LogP contribution in [-0.4, -0.2) is 16.8 Å². The molecule has 4 nitrogen and oxygen atoms in total. The molecule has 0 fully saturated rings. The number of ether oxygens (including phenoxy) is 1. The number of nitrogens with zero attached hydrogens (tertiary/aromatic N) is 2. The number of hydrogen-bond acceptors (Lipinski definition) is 4. The highest BCUT2D eigenvalue weighted by Gasteiger charge is 2.01. The predicted octanol–water partition coefficient (Wildman–Crippen LogP) is 1.26. The van der Waals surface area contributed by atoms with Crippen LogP contribution in [0.5, 0.6) is 0 Å². The monoisotopic (exact) mass is 162 g/mol. The van der Waals surface area contributed by atoms with Crippen LogP contribution in [0.15, 0.2) is 4.42 Å². The second-order valence-electron chi connectivity index (χ2n) is 1.59. The standard InChI is InChI=1S/C5H7ClN2O2/c1-2-9-3-4-7-8-5(6)10-4/h2-3H2,1H3. The molecule has 5 heteroatoms. The number of halogens is 1. The number of aromatic nitrogens is 2. The van der Waals surface area contributed by atoms with E-state index in [1.165, 1.54) is 0 Å². The van der Waals surface area contributed by atoms with Gasteiger partial charge in [0.15, 0.2) is 0 Å². The van der Waals surface area contributed by atoms with Gasteiger partial charge in [0.2, 0.25) is 5.89 Å². The Morgan fingerprint density at radius 1 is 1.60 bits per heavy atom. The molecule has 1 rings (SSSR count). The first-order valence-electron chi connectivity index (χ1n) is 2.88. The fourth-order valence-electron chi connectivity index (χ4n) is 0.481. The Labute approximate surface area is 63.1 Å². The summed E-state index contributed by atoms with van der Waals surface area (Å²) in [6.07, 6.45) is 0. The number of hydrogen-bond donors (Lipinski definition) is 0. The summed E-state index contributed by atoms with van der Waals surface area (Å²) < 4.78 is 9.78. The smallest absolute Gasteiger partial charge is 0.312 e. The molecular formula is C5H7ClN2O2. The third-order valence-electron chi connectivity index (χ3n) is 0.872. The normalized spacial score (nSPS) is 10.2. The average molecular weight is 163 g/mol. The summed E-state index contributed by atoms with van der Waals surface area (Å²) in [4.78, 5) is 0. The van der Waals surface area contributed by atoms with Crippen LogP contribution in [0.2, 0.25) is 5.35 Å². The molecule has 0 aromatic carbocycles. The van der Waals surface area contributed by atoms with E-state index in [9.17, 15) is 0 Å². The first-order chi connectivity index (χ1) is 4.83. The molecule has 0 bridgehead atoms. The summed E-state index contributed by atoms with van der Waals surface area (Å²) in [5, 5.41) is 7.07. The van der Waals surface area contributed by atoms with Crippen molar-refractivity contribution in [2.45, 2.75) is 13.5 Å². The minimum absolute atomic E-state index is 0.0507. The van der Waals surface area contributed by atoms with E-state index in [1.54, 1.807) is 0 Å². The van der Waals surface area contributed by atoms with Crippen molar-refractivity contribution in [3.8, 4) is 0 Å². The highest BCUT2D eigenvalue weighted by molar-refractivity contribution is 6.27. The molecule has 0 atom stereocenters. The van der Waals surface area contributed by atoms with Crippen LogP contribution in [0.3, 0.4) is 0 Å². The maximum absolute atomic E-state index is 5.34. The largest absolute Gasteiger partial charge is 0.410 e. The highest BCUT2D eigenvalue weighted by atomic mass is 35.5. The molecule has 0 N–H and O–H groups in total. The highest BCUT2D eigenvalue weighted by Crippen LogP contribution is 2.05. The lowest BCUT2D eigenvalue weighted by Gasteiger charge is -1.91. The number of rotatable bonds is 3. The zero-order chi connectivity index (χ0) is 7.40. The second-order valence-corrected chi connectivity index (χ2v) is 1.91. The molecule has 0 unspecified atom stereocenters. The predicted molar refractivity (Wildman–Crippen MR) is 34.6 cm³/mol. The summed E-state index contributed by atoms with van der Waals surface area (Å²) >= 11 is 5.34. The second kappa shape index (κ2) is 3.53. The maximum atomic E-state index is 5.34. The van der Waals surface area contributed by atoms with Gasteiger partial charge >= 0.3 is 5.35 Å². The zero-order valence-electron chi connectivity index (χ0n) is 5.50. The van der Waals surface area contributed by atoms with Crippen molar-refractivity contribution in [1.82, 2.24) is 10.2 Å². The van der Waals surface area contributed by atoms with Crippen molar-refractivity contribution in [1.29, 1.82) is 0 Å². The molecule has 0 aliphatic heterocycles. The third kappa shape index (κ3) is 1.97. The van der Waals surface area contributed by atoms with Crippen molar-refractivity contribution >= 4 is 11.6 Å². The Kier molecular flexibility index (Phi) is 2.65. The van der Waals surface area contributed by atoms with Gasteiger partial charge in [-0.05, 0) is 18.5 Å². The first-order valence-corrected chi connectivity index (χ1v) is 3.26. The van der Waals surface area contributed by atoms with Crippen molar-refractivity contribution < 1.29 is 9.15 Å². The Hall–Kier alpha value is -0.610. The summed E-state index contributed by atoms with van der Waals surface area (Å²) in [7, 11) is 0. The Morgan fingerprint density at radius 3 is 2.90 bits per heavy atom. The van der Waals surface area contributed by atoms with Crippen LogP contribution in [0.4, 0.5) is 0 Å². The lowest BCUT2D eigenvalue weighted by Crippen LogP contribution is -1.91. The van der Waals surface area contributed by atoms with Gasteiger partial charge in [-0.15, -0.1) is 5.10 Å². The van der Waals surface area contributed by atoms with E-state index in [1.807, 2.05) is 6.92 Å². The Morgan fingerprint density at radius 2 is 2.40 bits per heavy atom. The van der Waals surface area contributed by atoms with Gasteiger partial charge in [0.1, 0.15) is 6.61 Å². The van der Waals surface area contributed by atoms with Crippen LogP contribution < -0.4 is 0 Å². The van der Waals surface area contributed by atoms with Gasteiger partial charge in [0.05, 0.1) is 0 Å². The average Bonchev–Trinajstić information content (AvgIpc) is 2.31. The van der Waals surface area contributed by atoms with Crippen LogP contribution in [0.1, 0.15) is 12.8 Å². The van der Waals surface area contributed by atoms with E-state index >= 15 is 0 Å². The SMILES string of the molecule is CCOCc1nnc(Cl)o1. The molecular weight excluding hydrogens is 156 g/mol. The van der Waals surface area contributed by atoms with Gasteiger partial charge in [-0.1, -0.05) is 5.10 Å². The van der Waals surface area contributed by atoms with Gasteiger partial charge < -0.3 is 9.15 Å². The van der Waals surface area contributed by atoms with Gasteiger partial charge in [0.25, 0.3) is 0 Å². The molecule has 0 amide bonds. The minimum Gasteiger partial charge on any atom is -0.410 e. The van der Waals surface area contributed by atoms with E-state index in [4.69, 9.17) is 20.8 Å². The topological polar surface area (TPSA) is 48.2 Å². The summed E-state index contributed by atoms with van der Waals surface area (Å²) in [5.41, 5.74) is 0. The molecule has 0 spiro atoms. The maximum Gasteiger partial charge on any atom is 0.312 e. The van der Waals surface area contributed by atoms with E-state index < -0.39 is 0 Å². The molecule has 1 aromatic heterocycles. The quantitative estimate of drug-likeness (QED) is 0.672. The molecule has 0 saturated heterocycles. The van der Waals surface area contributed by atoms with Gasteiger partial charge in [-0.2, -0.15) is 0 Å². The van der Waals surface area contributed by atoms with E-state index in [0.29, 0.717) is 19.1 Å². The first kappa shape index (κ1) is 7.50. The van der Waals surface area contributed by atoms with Crippen LogP contribution >= 0.6 is 11.6 Å². The molecule has 0 saturated carbocycles. The van der Waals surface area contributed by atoms with Gasteiger partial charge in [0, 0.05) is 6.61 Å². The third-order valence-corrected chi connectivity index (χ3v) is 1.02. The summed E-state index contributed by atoms with van der Waals surface area (Å²) in [6, 6.07) is 0. The molecule has 0 aliphatic carbocycles. The van der Waals surface area contributed by atoms with Gasteiger partial charge in [-0.25, -0.2) is 0 Å². The lowest BCUT2D eigenvalue weighted by atomic mass is 10.7. The van der Waals surface area contributed by atoms with Crippen LogP contribution in [0.25, 0.3) is 0 Å². The van der Waals surface area contributed by atoms with Crippen molar-refractivity contribution in [3.05, 3.63) is 11.2 Å². The van der Waals surface area contributed by atoms with Crippen molar-refractivity contribution in [2.24, 2.45) is 0 Å². The van der Waals surface area contributed by atoms with Crippen LogP contribution in [-0.2, 0) is 11.3 Å². The van der Waals surface area contributed by atoms with E-state index in [-0.39, 0.29) is 5.35 Å². The Balaban J connectivity index is 2.42. The molecule has 0 aliphatic rings. The molecule has 56 valence electrons. The van der Waals surface area contributed by atoms with Gasteiger partial charge in [-0.3, -0.25) is 0 Å². The van der Waals surface area contributed by atoms with E-state index in [0.717, 1.165) is 0 Å². The van der Waals surface area contributed by atoms with Crippen LogP contribution in [0, 0.1) is 0 Å². The summed E-state index contributed by atoms with van der Waals surface area (Å²) in [5.74, 6) is 0.409. The molecule has 10 heavy (non-hydrogen) atoms. The molecule has 0 radical (unpaired) electrons.